The van der Waals surface area contributed by atoms with Gasteiger partial charge in [0.15, 0.2) is 0 Å². The summed E-state index contributed by atoms with van der Waals surface area (Å²) < 4.78 is 38.6. The first-order valence-electron chi connectivity index (χ1n) is 8.40. The van der Waals surface area contributed by atoms with Gasteiger partial charge >= 0.3 is 12.1 Å². The van der Waals surface area contributed by atoms with E-state index in [1.54, 1.807) is 13.1 Å². The Hall–Kier alpha value is -2.13. The largest absolute Gasteiger partial charge is 0.471 e. The van der Waals surface area contributed by atoms with E-state index < -0.39 is 18.1 Å². The van der Waals surface area contributed by atoms with E-state index in [1.807, 2.05) is 10.2 Å². The van der Waals surface area contributed by atoms with Crippen LogP contribution < -0.4 is 10.9 Å². The fourth-order valence-corrected chi connectivity index (χ4v) is 3.56. The summed E-state index contributed by atoms with van der Waals surface area (Å²) in [5.74, 6) is -1.91. The Morgan fingerprint density at radius 2 is 2.15 bits per heavy atom. The summed E-state index contributed by atoms with van der Waals surface area (Å²) in [6.45, 7) is 1.45. The molecule has 0 aliphatic carbocycles. The van der Waals surface area contributed by atoms with Crippen LogP contribution >= 0.6 is 11.6 Å². The van der Waals surface area contributed by atoms with E-state index in [9.17, 15) is 22.8 Å². The maximum absolute atomic E-state index is 12.4. The number of hydrogen-bond donors (Lipinski definition) is 1. The van der Waals surface area contributed by atoms with Crippen LogP contribution in [0, 0.1) is 0 Å². The molecule has 1 aliphatic rings. The van der Waals surface area contributed by atoms with E-state index in [2.05, 4.69) is 4.98 Å². The summed E-state index contributed by atoms with van der Waals surface area (Å²) in [6, 6.07) is 2.53. The molecule has 1 atom stereocenters. The Labute approximate surface area is 157 Å². The molecule has 0 radical (unpaired) electrons. The number of likely N-dealkylation sites (tertiary alicyclic amines) is 1. The number of carbonyl (C=O) groups excluding carboxylic acids is 1. The highest BCUT2D eigenvalue weighted by atomic mass is 35.5. The van der Waals surface area contributed by atoms with Gasteiger partial charge in [-0.1, -0.05) is 11.6 Å². The minimum Gasteiger partial charge on any atom is -0.344 e. The molecule has 1 N–H and O–H groups in total. The molecule has 0 unspecified atom stereocenters. The molecule has 3 rings (SSSR count). The third kappa shape index (κ3) is 4.24. The minimum absolute atomic E-state index is 0.177. The van der Waals surface area contributed by atoms with Gasteiger partial charge in [0.05, 0.1) is 16.1 Å². The van der Waals surface area contributed by atoms with E-state index >= 15 is 0 Å². The van der Waals surface area contributed by atoms with Gasteiger partial charge in [0, 0.05) is 45.0 Å². The van der Waals surface area contributed by atoms with Crippen molar-refractivity contribution in [2.45, 2.75) is 25.1 Å². The Morgan fingerprint density at radius 3 is 2.85 bits per heavy atom. The molecule has 0 saturated carbocycles. The van der Waals surface area contributed by atoms with Crippen molar-refractivity contribution in [3.05, 3.63) is 39.3 Å². The number of nitrogens with one attached hydrogen (secondary N) is 1. The zero-order valence-corrected chi connectivity index (χ0v) is 15.3. The smallest absolute Gasteiger partial charge is 0.344 e. The fraction of sp³-hybridized carbons (Fsp3) is 0.471. The number of aromatic nitrogens is 2. The second kappa shape index (κ2) is 7.47. The topological polar surface area (TPSA) is 67.2 Å². The summed E-state index contributed by atoms with van der Waals surface area (Å²) in [5.41, 5.74) is 1.89. The van der Waals surface area contributed by atoms with Crippen molar-refractivity contribution in [2.24, 2.45) is 7.05 Å². The zero-order valence-electron chi connectivity index (χ0n) is 14.5. The van der Waals surface area contributed by atoms with Gasteiger partial charge < -0.3 is 14.8 Å². The molecule has 2 aromatic rings. The van der Waals surface area contributed by atoms with Crippen molar-refractivity contribution in [1.82, 2.24) is 19.8 Å². The third-order valence-corrected chi connectivity index (χ3v) is 5.05. The van der Waals surface area contributed by atoms with Crippen LogP contribution in [-0.2, 0) is 18.3 Å². The highest BCUT2D eigenvalue weighted by Gasteiger charge is 2.40. The number of amides is 1. The van der Waals surface area contributed by atoms with E-state index in [0.717, 1.165) is 5.56 Å². The van der Waals surface area contributed by atoms with Crippen molar-refractivity contribution < 1.29 is 18.0 Å². The number of aryl methyl sites for hydroxylation is 1. The van der Waals surface area contributed by atoms with Crippen molar-refractivity contribution >= 4 is 28.5 Å². The molecule has 27 heavy (non-hydrogen) atoms. The minimum atomic E-state index is -4.87. The number of alkyl halides is 3. The van der Waals surface area contributed by atoms with Gasteiger partial charge in [0.2, 0.25) is 0 Å². The van der Waals surface area contributed by atoms with E-state index in [-0.39, 0.29) is 5.56 Å². The van der Waals surface area contributed by atoms with Crippen LogP contribution in [0.1, 0.15) is 12.0 Å². The average molecular weight is 403 g/mol. The standard InChI is InChI=1S/C17H18ClF3N4O2/c1-24-14(26)3-2-13-15(24)11(12(18)8-22-13)5-7-25-6-4-10(9-25)23-16(27)17(19,20)21/h2-3,8,10H,4-7,9H2,1H3,(H,23,27)/t10-/m1/s1. The molecular formula is C17H18ClF3N4O2. The van der Waals surface area contributed by atoms with E-state index in [1.165, 1.54) is 16.8 Å². The van der Waals surface area contributed by atoms with Crippen LogP contribution in [0.5, 0.6) is 0 Å². The Kier molecular flexibility index (Phi) is 5.43. The van der Waals surface area contributed by atoms with Gasteiger partial charge in [-0.2, -0.15) is 13.2 Å². The SMILES string of the molecule is Cn1c(=O)ccc2ncc(Cl)c(CCN3CC[C@@H](NC(=O)C(F)(F)F)C3)c21. The Bertz CT molecular complexity index is 929. The van der Waals surface area contributed by atoms with E-state index in [0.29, 0.717) is 48.5 Å². The summed E-state index contributed by atoms with van der Waals surface area (Å²) in [5, 5.41) is 2.45. The van der Waals surface area contributed by atoms with Crippen molar-refractivity contribution in [3.8, 4) is 0 Å². The van der Waals surface area contributed by atoms with Gasteiger partial charge in [-0.3, -0.25) is 14.6 Å². The van der Waals surface area contributed by atoms with Crippen LogP contribution in [-0.4, -0.2) is 52.2 Å². The maximum atomic E-state index is 12.4. The molecule has 6 nitrogen and oxygen atoms in total. The predicted octanol–water partition coefficient (Wildman–Crippen LogP) is 1.88. The highest BCUT2D eigenvalue weighted by molar-refractivity contribution is 6.32. The molecule has 1 saturated heterocycles. The van der Waals surface area contributed by atoms with Crippen LogP contribution in [0.3, 0.4) is 0 Å². The van der Waals surface area contributed by atoms with Crippen LogP contribution in [0.25, 0.3) is 11.0 Å². The number of pyridine rings is 2. The van der Waals surface area contributed by atoms with Crippen LogP contribution in [0.15, 0.2) is 23.1 Å². The molecular weight excluding hydrogens is 385 g/mol. The Morgan fingerprint density at radius 1 is 1.41 bits per heavy atom. The second-order valence-corrected chi connectivity index (χ2v) is 6.96. The lowest BCUT2D eigenvalue weighted by atomic mass is 10.1. The predicted molar refractivity (Wildman–Crippen MR) is 94.7 cm³/mol. The average Bonchev–Trinajstić information content (AvgIpc) is 3.04. The van der Waals surface area contributed by atoms with E-state index in [4.69, 9.17) is 11.6 Å². The van der Waals surface area contributed by atoms with Crippen molar-refractivity contribution in [1.29, 1.82) is 0 Å². The maximum Gasteiger partial charge on any atom is 0.471 e. The number of carbonyl (C=O) groups is 1. The van der Waals surface area contributed by atoms with Gasteiger partial charge in [0.25, 0.3) is 5.56 Å². The number of nitrogens with zero attached hydrogens (tertiary/aromatic N) is 3. The normalized spacial score (nSPS) is 18.2. The number of fused-ring (bicyclic) bond motifs is 1. The van der Waals surface area contributed by atoms with Gasteiger partial charge in [0.1, 0.15) is 0 Å². The second-order valence-electron chi connectivity index (χ2n) is 6.56. The van der Waals surface area contributed by atoms with Crippen LogP contribution in [0.2, 0.25) is 5.02 Å². The highest BCUT2D eigenvalue weighted by Crippen LogP contribution is 2.24. The molecule has 0 spiro atoms. The summed E-state index contributed by atoms with van der Waals surface area (Å²) >= 11 is 6.28. The van der Waals surface area contributed by atoms with Crippen LogP contribution in [0.4, 0.5) is 13.2 Å². The van der Waals surface area contributed by atoms with Gasteiger partial charge in [-0.15, -0.1) is 0 Å². The fourth-order valence-electron chi connectivity index (χ4n) is 3.33. The monoisotopic (exact) mass is 402 g/mol. The molecule has 0 aromatic carbocycles. The molecule has 146 valence electrons. The molecule has 10 heteroatoms. The molecule has 1 amide bonds. The Balaban J connectivity index is 1.70. The molecule has 0 bridgehead atoms. The molecule has 1 aliphatic heterocycles. The summed E-state index contributed by atoms with van der Waals surface area (Å²) in [7, 11) is 1.64. The first kappa shape index (κ1) is 19.6. The quantitative estimate of drug-likeness (QED) is 0.848. The number of halogens is 4. The molecule has 3 heterocycles. The first-order valence-corrected chi connectivity index (χ1v) is 8.78. The van der Waals surface area contributed by atoms with Crippen molar-refractivity contribution in [3.63, 3.8) is 0 Å². The van der Waals surface area contributed by atoms with Gasteiger partial charge in [-0.25, -0.2) is 0 Å². The molecule has 2 aromatic heterocycles. The number of rotatable bonds is 4. The summed E-state index contributed by atoms with van der Waals surface area (Å²) in [6.07, 6.45) is -2.39. The lowest BCUT2D eigenvalue weighted by molar-refractivity contribution is -0.174. The molecule has 1 fully saturated rings. The third-order valence-electron chi connectivity index (χ3n) is 4.73. The van der Waals surface area contributed by atoms with Crippen molar-refractivity contribution in [2.75, 3.05) is 19.6 Å². The zero-order chi connectivity index (χ0) is 19.8. The first-order chi connectivity index (χ1) is 12.7. The van der Waals surface area contributed by atoms with Gasteiger partial charge in [-0.05, 0) is 24.5 Å². The lowest BCUT2D eigenvalue weighted by Gasteiger charge is -2.18. The lowest BCUT2D eigenvalue weighted by Crippen LogP contribution is -2.44. The number of hydrogen-bond acceptors (Lipinski definition) is 4. The summed E-state index contributed by atoms with van der Waals surface area (Å²) in [4.78, 5) is 29.2.